The third-order valence-electron chi connectivity index (χ3n) is 1.79. The molecular weight excluding hydrogens is 138 g/mol. The van der Waals surface area contributed by atoms with Gasteiger partial charge < -0.3 is 4.98 Å². The van der Waals surface area contributed by atoms with Crippen LogP contribution in [0, 0.1) is 0 Å². The average molecular weight is 146 g/mol. The van der Waals surface area contributed by atoms with Crippen molar-refractivity contribution in [3.8, 4) is 0 Å². The SMILES string of the molecule is [O]Cc1ccc2cc[nH]c2c1. The van der Waals surface area contributed by atoms with E-state index in [4.69, 9.17) is 0 Å². The number of hydrogen-bond donors (Lipinski definition) is 1. The Morgan fingerprint density at radius 3 is 3.00 bits per heavy atom. The van der Waals surface area contributed by atoms with E-state index in [1.807, 2.05) is 30.5 Å². The summed E-state index contributed by atoms with van der Waals surface area (Å²) in [6.07, 6.45) is 1.87. The Morgan fingerprint density at radius 2 is 2.18 bits per heavy atom. The summed E-state index contributed by atoms with van der Waals surface area (Å²) in [4.78, 5) is 3.06. The summed E-state index contributed by atoms with van der Waals surface area (Å²) in [5.74, 6) is 0. The van der Waals surface area contributed by atoms with Crippen molar-refractivity contribution in [3.63, 3.8) is 0 Å². The van der Waals surface area contributed by atoms with Gasteiger partial charge in [0.1, 0.15) is 6.61 Å². The maximum absolute atomic E-state index is 10.5. The number of aromatic nitrogens is 1. The van der Waals surface area contributed by atoms with E-state index in [0.29, 0.717) is 0 Å². The first-order valence-corrected chi connectivity index (χ1v) is 3.54. The molecule has 0 spiro atoms. The van der Waals surface area contributed by atoms with E-state index in [2.05, 4.69) is 4.98 Å². The molecule has 0 aliphatic heterocycles. The molecule has 2 nitrogen and oxygen atoms in total. The Bertz CT molecular complexity index is 364. The van der Waals surface area contributed by atoms with E-state index in [9.17, 15) is 5.11 Å². The van der Waals surface area contributed by atoms with Crippen molar-refractivity contribution in [1.29, 1.82) is 0 Å². The van der Waals surface area contributed by atoms with E-state index in [-0.39, 0.29) is 6.61 Å². The van der Waals surface area contributed by atoms with Gasteiger partial charge in [0, 0.05) is 11.7 Å². The Labute approximate surface area is 64.5 Å². The minimum absolute atomic E-state index is 0.144. The van der Waals surface area contributed by atoms with Crippen LogP contribution < -0.4 is 0 Å². The molecular formula is C9H8NO. The smallest absolute Gasteiger partial charge is 0.107 e. The maximum atomic E-state index is 10.5. The van der Waals surface area contributed by atoms with Crippen LogP contribution in [-0.2, 0) is 11.7 Å². The molecule has 1 radical (unpaired) electrons. The first-order valence-electron chi connectivity index (χ1n) is 3.54. The number of hydrogen-bond acceptors (Lipinski definition) is 0. The summed E-state index contributed by atoms with van der Waals surface area (Å²) < 4.78 is 0. The summed E-state index contributed by atoms with van der Waals surface area (Å²) >= 11 is 0. The Balaban J connectivity index is 2.67. The highest BCUT2D eigenvalue weighted by molar-refractivity contribution is 5.79. The second kappa shape index (κ2) is 2.40. The molecule has 0 bridgehead atoms. The molecule has 2 heteroatoms. The zero-order valence-corrected chi connectivity index (χ0v) is 6.00. The molecule has 0 fully saturated rings. The van der Waals surface area contributed by atoms with Crippen LogP contribution in [-0.4, -0.2) is 4.98 Å². The molecule has 0 aliphatic carbocycles. The van der Waals surface area contributed by atoms with Gasteiger partial charge >= 0.3 is 0 Å². The fraction of sp³-hybridized carbons (Fsp3) is 0.111. The van der Waals surface area contributed by atoms with Crippen LogP contribution in [0.2, 0.25) is 0 Å². The highest BCUT2D eigenvalue weighted by Gasteiger charge is 1.94. The summed E-state index contributed by atoms with van der Waals surface area (Å²) in [5.41, 5.74) is 1.87. The van der Waals surface area contributed by atoms with E-state index >= 15 is 0 Å². The van der Waals surface area contributed by atoms with Gasteiger partial charge in [-0.15, -0.1) is 0 Å². The lowest BCUT2D eigenvalue weighted by molar-refractivity contribution is 0.177. The molecule has 1 aromatic carbocycles. The molecule has 0 unspecified atom stereocenters. The van der Waals surface area contributed by atoms with E-state index in [1.54, 1.807) is 0 Å². The molecule has 0 atom stereocenters. The Kier molecular flexibility index (Phi) is 1.40. The quantitative estimate of drug-likeness (QED) is 0.639. The standard InChI is InChI=1S/C9H8NO/c11-6-7-1-2-8-3-4-10-9(8)5-7/h1-5,10H,6H2. The first-order chi connectivity index (χ1) is 5.40. The number of nitrogens with one attached hydrogen (secondary N) is 1. The lowest BCUT2D eigenvalue weighted by Gasteiger charge is -1.93. The molecule has 0 saturated heterocycles. The van der Waals surface area contributed by atoms with E-state index in [0.717, 1.165) is 16.5 Å². The van der Waals surface area contributed by atoms with Crippen LogP contribution in [0.4, 0.5) is 0 Å². The van der Waals surface area contributed by atoms with E-state index < -0.39 is 0 Å². The summed E-state index contributed by atoms with van der Waals surface area (Å²) in [6.45, 7) is -0.144. The number of aromatic amines is 1. The van der Waals surface area contributed by atoms with Gasteiger partial charge in [-0.2, -0.15) is 0 Å². The fourth-order valence-electron chi connectivity index (χ4n) is 1.18. The second-order valence-electron chi connectivity index (χ2n) is 2.54. The lowest BCUT2D eigenvalue weighted by Crippen LogP contribution is -1.79. The number of fused-ring (bicyclic) bond motifs is 1. The van der Waals surface area contributed by atoms with Crippen molar-refractivity contribution in [3.05, 3.63) is 36.0 Å². The van der Waals surface area contributed by atoms with Crippen molar-refractivity contribution in [1.82, 2.24) is 4.98 Å². The molecule has 0 amide bonds. The molecule has 1 N–H and O–H groups in total. The molecule has 0 aliphatic rings. The highest BCUT2D eigenvalue weighted by atomic mass is 16.3. The van der Waals surface area contributed by atoms with Gasteiger partial charge in [0.15, 0.2) is 0 Å². The van der Waals surface area contributed by atoms with Crippen molar-refractivity contribution in [2.24, 2.45) is 0 Å². The summed E-state index contributed by atoms with van der Waals surface area (Å²) in [5, 5.41) is 11.6. The van der Waals surface area contributed by atoms with Gasteiger partial charge in [-0.05, 0) is 23.1 Å². The van der Waals surface area contributed by atoms with Crippen LogP contribution in [0.1, 0.15) is 5.56 Å². The fourth-order valence-corrected chi connectivity index (χ4v) is 1.18. The van der Waals surface area contributed by atoms with Crippen LogP contribution in [0.3, 0.4) is 0 Å². The van der Waals surface area contributed by atoms with Gasteiger partial charge in [0.25, 0.3) is 0 Å². The minimum atomic E-state index is -0.144. The molecule has 1 heterocycles. The van der Waals surface area contributed by atoms with E-state index in [1.165, 1.54) is 0 Å². The van der Waals surface area contributed by atoms with Crippen molar-refractivity contribution >= 4 is 10.9 Å². The largest absolute Gasteiger partial charge is 0.361 e. The second-order valence-corrected chi connectivity index (χ2v) is 2.54. The maximum Gasteiger partial charge on any atom is 0.107 e. The Morgan fingerprint density at radius 1 is 1.27 bits per heavy atom. The van der Waals surface area contributed by atoms with Crippen molar-refractivity contribution < 1.29 is 5.11 Å². The summed E-state index contributed by atoms with van der Waals surface area (Å²) in [7, 11) is 0. The first kappa shape index (κ1) is 6.43. The molecule has 1 aromatic heterocycles. The van der Waals surface area contributed by atoms with Gasteiger partial charge in [-0.25, -0.2) is 5.11 Å². The van der Waals surface area contributed by atoms with Crippen LogP contribution in [0.15, 0.2) is 30.5 Å². The van der Waals surface area contributed by atoms with Crippen LogP contribution in [0.25, 0.3) is 10.9 Å². The molecule has 55 valence electrons. The topological polar surface area (TPSA) is 35.7 Å². The molecule has 0 saturated carbocycles. The van der Waals surface area contributed by atoms with Gasteiger partial charge in [-0.3, -0.25) is 0 Å². The minimum Gasteiger partial charge on any atom is -0.361 e. The normalized spacial score (nSPS) is 10.6. The average Bonchev–Trinajstić information content (AvgIpc) is 2.50. The van der Waals surface area contributed by atoms with Crippen LogP contribution >= 0.6 is 0 Å². The summed E-state index contributed by atoms with van der Waals surface area (Å²) in [6, 6.07) is 7.70. The van der Waals surface area contributed by atoms with Gasteiger partial charge in [-0.1, -0.05) is 12.1 Å². The van der Waals surface area contributed by atoms with Crippen molar-refractivity contribution in [2.75, 3.05) is 0 Å². The lowest BCUT2D eigenvalue weighted by atomic mass is 10.2. The predicted molar refractivity (Wildman–Crippen MR) is 42.7 cm³/mol. The number of benzene rings is 1. The zero-order valence-electron chi connectivity index (χ0n) is 6.00. The van der Waals surface area contributed by atoms with Crippen molar-refractivity contribution in [2.45, 2.75) is 6.61 Å². The number of rotatable bonds is 1. The molecule has 2 rings (SSSR count). The third kappa shape index (κ3) is 1.01. The Hall–Kier alpha value is -1.28. The van der Waals surface area contributed by atoms with Gasteiger partial charge in [0.2, 0.25) is 0 Å². The van der Waals surface area contributed by atoms with Crippen LogP contribution in [0.5, 0.6) is 0 Å². The molecule has 11 heavy (non-hydrogen) atoms. The third-order valence-corrected chi connectivity index (χ3v) is 1.79. The number of H-pyrrole nitrogens is 1. The van der Waals surface area contributed by atoms with Gasteiger partial charge in [0.05, 0.1) is 0 Å². The zero-order chi connectivity index (χ0) is 7.68. The monoisotopic (exact) mass is 146 g/mol. The predicted octanol–water partition coefficient (Wildman–Crippen LogP) is 2.10. The highest BCUT2D eigenvalue weighted by Crippen LogP contribution is 2.13. The molecule has 2 aromatic rings.